The van der Waals surface area contributed by atoms with E-state index >= 15 is 0 Å². The lowest BCUT2D eigenvalue weighted by atomic mass is 10.1. The van der Waals surface area contributed by atoms with Crippen LogP contribution in [0.2, 0.25) is 0 Å². The molecule has 2 atom stereocenters. The van der Waals surface area contributed by atoms with Crippen molar-refractivity contribution in [3.05, 3.63) is 52.9 Å². The highest BCUT2D eigenvalue weighted by atomic mass is 16.5. The first-order valence-electron chi connectivity index (χ1n) is 5.69. The first-order chi connectivity index (χ1) is 8.76. The van der Waals surface area contributed by atoms with Crippen LogP contribution < -0.4 is 4.74 Å². The molecule has 1 unspecified atom stereocenters. The van der Waals surface area contributed by atoms with Gasteiger partial charge in [0.1, 0.15) is 12.4 Å². The Balaban J connectivity index is 1.97. The number of nitrogens with zero attached hydrogens (tertiary/aromatic N) is 3. The molecule has 1 aliphatic rings. The Kier molecular flexibility index (Phi) is 3.65. The van der Waals surface area contributed by atoms with E-state index in [0.717, 1.165) is 17.7 Å². The predicted molar refractivity (Wildman–Crippen MR) is 67.1 cm³/mol. The minimum atomic E-state index is -0.366. The number of rotatable bonds is 5. The molecule has 1 saturated carbocycles. The first kappa shape index (κ1) is 12.2. The molecule has 1 fully saturated rings. The van der Waals surface area contributed by atoms with Gasteiger partial charge in [-0.1, -0.05) is 24.8 Å². The van der Waals surface area contributed by atoms with Crippen LogP contribution in [0.3, 0.4) is 0 Å². The number of azide groups is 1. The second-order valence-electron chi connectivity index (χ2n) is 4.15. The minimum Gasteiger partial charge on any atom is -0.490 e. The molecule has 92 valence electrons. The number of carbonyl (C=O) groups is 1. The van der Waals surface area contributed by atoms with E-state index in [4.69, 9.17) is 10.3 Å². The van der Waals surface area contributed by atoms with Crippen molar-refractivity contribution in [3.63, 3.8) is 0 Å². The maximum Gasteiger partial charge on any atom is 0.222 e. The second-order valence-corrected chi connectivity index (χ2v) is 4.15. The number of benzene rings is 1. The molecule has 1 aromatic rings. The Bertz CT molecular complexity index is 503. The Morgan fingerprint density at radius 3 is 2.89 bits per heavy atom. The fourth-order valence-corrected chi connectivity index (χ4v) is 1.92. The Hall–Kier alpha value is -2.26. The average molecular weight is 243 g/mol. The van der Waals surface area contributed by atoms with E-state index in [1.807, 2.05) is 24.3 Å². The zero-order valence-corrected chi connectivity index (χ0v) is 9.82. The van der Waals surface area contributed by atoms with E-state index in [1.165, 1.54) is 0 Å². The van der Waals surface area contributed by atoms with E-state index in [0.29, 0.717) is 6.61 Å². The summed E-state index contributed by atoms with van der Waals surface area (Å²) in [6.07, 6.45) is 2.44. The number of amides is 1. The van der Waals surface area contributed by atoms with Crippen LogP contribution in [0.15, 0.2) is 42.0 Å². The van der Waals surface area contributed by atoms with E-state index in [1.54, 1.807) is 6.08 Å². The molecular weight excluding hydrogens is 230 g/mol. The van der Waals surface area contributed by atoms with Crippen LogP contribution in [0.1, 0.15) is 17.9 Å². The van der Waals surface area contributed by atoms with E-state index in [9.17, 15) is 4.79 Å². The lowest BCUT2D eigenvalue weighted by Crippen LogP contribution is -1.97. The normalized spacial score (nSPS) is 20.7. The largest absolute Gasteiger partial charge is 0.490 e. The molecule has 0 spiro atoms. The van der Waals surface area contributed by atoms with Crippen LogP contribution in [-0.4, -0.2) is 12.5 Å². The van der Waals surface area contributed by atoms with Crippen molar-refractivity contribution in [3.8, 4) is 5.75 Å². The molecule has 1 aromatic carbocycles. The SMILES string of the molecule is C=CCOc1ccc(C2C[C@@H]2C(=O)N=[N+]=[N-])cc1. The van der Waals surface area contributed by atoms with Crippen LogP contribution in [0.4, 0.5) is 0 Å². The van der Waals surface area contributed by atoms with Crippen molar-refractivity contribution in [1.82, 2.24) is 0 Å². The van der Waals surface area contributed by atoms with Crippen molar-refractivity contribution >= 4 is 5.91 Å². The molecule has 0 radical (unpaired) electrons. The number of ether oxygens (including phenoxy) is 1. The summed E-state index contributed by atoms with van der Waals surface area (Å²) in [4.78, 5) is 13.9. The Morgan fingerprint density at radius 1 is 1.56 bits per heavy atom. The van der Waals surface area contributed by atoms with Gasteiger partial charge in [0, 0.05) is 10.8 Å². The van der Waals surface area contributed by atoms with Crippen LogP contribution >= 0.6 is 0 Å². The van der Waals surface area contributed by atoms with E-state index in [2.05, 4.69) is 16.6 Å². The highest BCUT2D eigenvalue weighted by Crippen LogP contribution is 2.48. The third-order valence-corrected chi connectivity index (χ3v) is 2.93. The van der Waals surface area contributed by atoms with Gasteiger partial charge in [-0.2, -0.15) is 0 Å². The topological polar surface area (TPSA) is 75.1 Å². The van der Waals surface area contributed by atoms with Gasteiger partial charge in [0.15, 0.2) is 0 Å². The van der Waals surface area contributed by atoms with Gasteiger partial charge in [-0.05, 0) is 40.7 Å². The molecule has 0 N–H and O–H groups in total. The van der Waals surface area contributed by atoms with Gasteiger partial charge in [-0.3, -0.25) is 4.79 Å². The van der Waals surface area contributed by atoms with Crippen LogP contribution in [-0.2, 0) is 4.79 Å². The molecular formula is C13H13N3O2. The molecule has 5 nitrogen and oxygen atoms in total. The fraction of sp³-hybridized carbons (Fsp3) is 0.308. The van der Waals surface area contributed by atoms with Crippen LogP contribution in [0, 0.1) is 5.92 Å². The molecule has 0 saturated heterocycles. The molecule has 0 heterocycles. The molecule has 0 bridgehead atoms. The third-order valence-electron chi connectivity index (χ3n) is 2.93. The van der Waals surface area contributed by atoms with Gasteiger partial charge in [0.05, 0.1) is 0 Å². The van der Waals surface area contributed by atoms with Gasteiger partial charge in [0.25, 0.3) is 0 Å². The summed E-state index contributed by atoms with van der Waals surface area (Å²) in [5.41, 5.74) is 9.28. The quantitative estimate of drug-likeness (QED) is 0.344. The van der Waals surface area contributed by atoms with E-state index < -0.39 is 0 Å². The highest BCUT2D eigenvalue weighted by molar-refractivity contribution is 5.83. The molecule has 0 aliphatic heterocycles. The summed E-state index contributed by atoms with van der Waals surface area (Å²) >= 11 is 0. The molecule has 0 aromatic heterocycles. The standard InChI is InChI=1S/C13H13N3O2/c1-2-7-18-10-5-3-9(4-6-10)11-8-12(11)13(17)15-16-14/h2-6,11-12H,1,7-8H2/t11?,12-/m0/s1. The van der Waals surface area contributed by atoms with Gasteiger partial charge in [-0.25, -0.2) is 0 Å². The first-order valence-corrected chi connectivity index (χ1v) is 5.69. The summed E-state index contributed by atoms with van der Waals surface area (Å²) < 4.78 is 5.37. The number of carbonyl (C=O) groups excluding carboxylic acids is 1. The molecule has 1 aliphatic carbocycles. The zero-order valence-electron chi connectivity index (χ0n) is 9.82. The summed E-state index contributed by atoms with van der Waals surface area (Å²) in [6, 6.07) is 7.61. The van der Waals surface area contributed by atoms with Crippen LogP contribution in [0.25, 0.3) is 10.4 Å². The van der Waals surface area contributed by atoms with Crippen LogP contribution in [0.5, 0.6) is 5.75 Å². The van der Waals surface area contributed by atoms with Crippen molar-refractivity contribution in [2.45, 2.75) is 12.3 Å². The lowest BCUT2D eigenvalue weighted by Gasteiger charge is -2.04. The predicted octanol–water partition coefficient (Wildman–Crippen LogP) is 3.19. The third kappa shape index (κ3) is 2.70. The molecule has 2 rings (SSSR count). The van der Waals surface area contributed by atoms with Crippen molar-refractivity contribution in [1.29, 1.82) is 0 Å². The summed E-state index contributed by atoms with van der Waals surface area (Å²) in [5.74, 6) is 0.434. The van der Waals surface area contributed by atoms with Crippen molar-refractivity contribution < 1.29 is 9.53 Å². The second kappa shape index (κ2) is 5.38. The smallest absolute Gasteiger partial charge is 0.222 e. The number of hydrogen-bond donors (Lipinski definition) is 0. The monoisotopic (exact) mass is 243 g/mol. The zero-order chi connectivity index (χ0) is 13.0. The van der Waals surface area contributed by atoms with Gasteiger partial charge in [0.2, 0.25) is 5.91 Å². The lowest BCUT2D eigenvalue weighted by molar-refractivity contribution is -0.119. The number of hydrogen-bond acceptors (Lipinski definition) is 2. The maximum atomic E-state index is 11.3. The molecule has 1 amide bonds. The van der Waals surface area contributed by atoms with Gasteiger partial charge < -0.3 is 4.74 Å². The molecule has 18 heavy (non-hydrogen) atoms. The maximum absolute atomic E-state index is 11.3. The average Bonchev–Trinajstić information content (AvgIpc) is 3.17. The Morgan fingerprint density at radius 2 is 2.28 bits per heavy atom. The summed E-state index contributed by atoms with van der Waals surface area (Å²) in [5, 5.41) is 3.13. The minimum absolute atomic E-state index is 0.152. The van der Waals surface area contributed by atoms with Crippen molar-refractivity contribution in [2.75, 3.05) is 6.61 Å². The Labute approximate surface area is 105 Å². The molecule has 5 heteroatoms. The van der Waals surface area contributed by atoms with Gasteiger partial charge >= 0.3 is 0 Å². The highest BCUT2D eigenvalue weighted by Gasteiger charge is 2.43. The summed E-state index contributed by atoms with van der Waals surface area (Å²) in [7, 11) is 0. The fourth-order valence-electron chi connectivity index (χ4n) is 1.92. The summed E-state index contributed by atoms with van der Waals surface area (Å²) in [6.45, 7) is 4.05. The van der Waals surface area contributed by atoms with Gasteiger partial charge in [-0.15, -0.1) is 0 Å². The van der Waals surface area contributed by atoms with E-state index in [-0.39, 0.29) is 17.7 Å². The van der Waals surface area contributed by atoms with Crippen molar-refractivity contribution in [2.24, 2.45) is 11.0 Å².